The Balaban J connectivity index is 2.63. The van der Waals surface area contributed by atoms with Gasteiger partial charge in [0.2, 0.25) is 0 Å². The van der Waals surface area contributed by atoms with E-state index in [1.807, 2.05) is 0 Å². The minimum Gasteiger partial charge on any atom is -0.364 e. The lowest BCUT2D eigenvalue weighted by Crippen LogP contribution is -2.03. The Kier molecular flexibility index (Phi) is 3.49. The molecule has 1 heterocycles. The van der Waals surface area contributed by atoms with Crippen molar-refractivity contribution in [1.82, 2.24) is 9.97 Å². The van der Waals surface area contributed by atoms with Crippen molar-refractivity contribution >= 4 is 33.3 Å². The molecule has 0 bridgehead atoms. The summed E-state index contributed by atoms with van der Waals surface area (Å²) in [5.41, 5.74) is 0. The fourth-order valence-electron chi connectivity index (χ4n) is 0.622. The first kappa shape index (κ1) is 9.48. The van der Waals surface area contributed by atoms with Crippen LogP contribution in [0.25, 0.3) is 0 Å². The van der Waals surface area contributed by atoms with Crippen molar-refractivity contribution in [3.63, 3.8) is 0 Å². The van der Waals surface area contributed by atoms with E-state index in [1.165, 1.54) is 6.33 Å². The SMILES string of the molecule is C=C(Cl)CNc1ncncc1Br. The first-order valence-corrected chi connectivity index (χ1v) is 4.40. The van der Waals surface area contributed by atoms with Gasteiger partial charge in [0.15, 0.2) is 0 Å². The summed E-state index contributed by atoms with van der Waals surface area (Å²) in [5, 5.41) is 3.53. The van der Waals surface area contributed by atoms with Crippen LogP contribution in [0.4, 0.5) is 5.82 Å². The molecule has 0 spiro atoms. The average molecular weight is 249 g/mol. The maximum atomic E-state index is 5.56. The molecule has 0 aromatic carbocycles. The van der Waals surface area contributed by atoms with E-state index in [1.54, 1.807) is 6.20 Å². The van der Waals surface area contributed by atoms with Crippen LogP contribution in [0, 0.1) is 0 Å². The lowest BCUT2D eigenvalue weighted by molar-refractivity contribution is 1.12. The highest BCUT2D eigenvalue weighted by Crippen LogP contribution is 2.17. The molecule has 0 fully saturated rings. The van der Waals surface area contributed by atoms with Crippen molar-refractivity contribution in [2.45, 2.75) is 0 Å². The van der Waals surface area contributed by atoms with Gasteiger partial charge in [-0.2, -0.15) is 0 Å². The monoisotopic (exact) mass is 247 g/mol. The van der Waals surface area contributed by atoms with Gasteiger partial charge in [0.1, 0.15) is 12.1 Å². The van der Waals surface area contributed by atoms with Gasteiger partial charge in [-0.15, -0.1) is 0 Å². The quantitative estimate of drug-likeness (QED) is 0.893. The molecule has 0 saturated heterocycles. The Morgan fingerprint density at radius 1 is 1.75 bits per heavy atom. The third-order valence-electron chi connectivity index (χ3n) is 1.12. The highest BCUT2D eigenvalue weighted by molar-refractivity contribution is 9.10. The van der Waals surface area contributed by atoms with Gasteiger partial charge >= 0.3 is 0 Å². The topological polar surface area (TPSA) is 37.8 Å². The van der Waals surface area contributed by atoms with Crippen molar-refractivity contribution < 1.29 is 0 Å². The summed E-state index contributed by atoms with van der Waals surface area (Å²) in [6, 6.07) is 0. The van der Waals surface area contributed by atoms with Gasteiger partial charge < -0.3 is 5.32 Å². The molecular formula is C7H7BrClN3. The molecule has 0 atom stereocenters. The molecule has 64 valence electrons. The van der Waals surface area contributed by atoms with E-state index in [2.05, 4.69) is 37.8 Å². The van der Waals surface area contributed by atoms with Crippen LogP contribution >= 0.6 is 27.5 Å². The molecule has 0 unspecified atom stereocenters. The Morgan fingerprint density at radius 3 is 3.08 bits per heavy atom. The highest BCUT2D eigenvalue weighted by Gasteiger charge is 1.98. The number of nitrogens with zero attached hydrogens (tertiary/aromatic N) is 2. The van der Waals surface area contributed by atoms with Crippen LogP contribution < -0.4 is 5.32 Å². The van der Waals surface area contributed by atoms with E-state index in [-0.39, 0.29) is 0 Å². The van der Waals surface area contributed by atoms with Gasteiger partial charge in [-0.1, -0.05) is 18.2 Å². The molecule has 1 rings (SSSR count). The number of hydrogen-bond donors (Lipinski definition) is 1. The third-order valence-corrected chi connectivity index (χ3v) is 1.83. The number of nitrogens with one attached hydrogen (secondary N) is 1. The molecule has 12 heavy (non-hydrogen) atoms. The second-order valence-electron chi connectivity index (χ2n) is 2.09. The summed E-state index contributed by atoms with van der Waals surface area (Å²) in [6.45, 7) is 4.04. The number of rotatable bonds is 3. The van der Waals surface area contributed by atoms with Crippen molar-refractivity contribution in [3.05, 3.63) is 28.6 Å². The van der Waals surface area contributed by atoms with Crippen LogP contribution in [0.15, 0.2) is 28.6 Å². The Morgan fingerprint density at radius 2 is 2.50 bits per heavy atom. The molecule has 5 heteroatoms. The van der Waals surface area contributed by atoms with Gasteiger partial charge in [-0.25, -0.2) is 9.97 Å². The van der Waals surface area contributed by atoms with E-state index in [4.69, 9.17) is 11.6 Å². The second-order valence-corrected chi connectivity index (χ2v) is 3.48. The summed E-state index contributed by atoms with van der Waals surface area (Å²) in [6.07, 6.45) is 3.12. The zero-order valence-corrected chi connectivity index (χ0v) is 8.56. The summed E-state index contributed by atoms with van der Waals surface area (Å²) in [7, 11) is 0. The molecule has 0 aliphatic heterocycles. The van der Waals surface area contributed by atoms with Gasteiger partial charge in [0, 0.05) is 11.2 Å². The number of anilines is 1. The van der Waals surface area contributed by atoms with Gasteiger partial charge in [0.25, 0.3) is 0 Å². The first-order chi connectivity index (χ1) is 5.70. The Labute approximate surface area is 84.0 Å². The number of hydrogen-bond acceptors (Lipinski definition) is 3. The van der Waals surface area contributed by atoms with Crippen LogP contribution in [-0.4, -0.2) is 16.5 Å². The summed E-state index contributed by atoms with van der Waals surface area (Å²) >= 11 is 8.85. The van der Waals surface area contributed by atoms with E-state index in [9.17, 15) is 0 Å². The lowest BCUT2D eigenvalue weighted by Gasteiger charge is -2.04. The summed E-state index contributed by atoms with van der Waals surface area (Å²) in [5.74, 6) is 0.715. The highest BCUT2D eigenvalue weighted by atomic mass is 79.9. The number of halogens is 2. The molecule has 0 amide bonds. The Hall–Kier alpha value is -0.610. The van der Waals surface area contributed by atoms with Crippen LogP contribution in [0.3, 0.4) is 0 Å². The molecular weight excluding hydrogens is 241 g/mol. The Bertz CT molecular complexity index is 290. The van der Waals surface area contributed by atoms with Gasteiger partial charge in [-0.05, 0) is 15.9 Å². The van der Waals surface area contributed by atoms with E-state index in [0.717, 1.165) is 4.47 Å². The molecule has 3 nitrogen and oxygen atoms in total. The van der Waals surface area contributed by atoms with Crippen molar-refractivity contribution in [1.29, 1.82) is 0 Å². The number of aromatic nitrogens is 2. The summed E-state index contributed by atoms with van der Waals surface area (Å²) in [4.78, 5) is 7.80. The zero-order chi connectivity index (χ0) is 8.97. The normalized spacial score (nSPS) is 9.50. The van der Waals surface area contributed by atoms with E-state index < -0.39 is 0 Å². The van der Waals surface area contributed by atoms with Crippen molar-refractivity contribution in [2.75, 3.05) is 11.9 Å². The third kappa shape index (κ3) is 2.79. The average Bonchev–Trinajstić information content (AvgIpc) is 2.03. The predicted octanol–water partition coefficient (Wildman–Crippen LogP) is 2.40. The lowest BCUT2D eigenvalue weighted by atomic mass is 10.5. The summed E-state index contributed by atoms with van der Waals surface area (Å²) < 4.78 is 0.808. The van der Waals surface area contributed by atoms with Crippen LogP contribution in [0.5, 0.6) is 0 Å². The van der Waals surface area contributed by atoms with E-state index in [0.29, 0.717) is 17.4 Å². The molecule has 1 aromatic rings. The minimum atomic E-state index is 0.497. The van der Waals surface area contributed by atoms with Crippen molar-refractivity contribution in [2.24, 2.45) is 0 Å². The van der Waals surface area contributed by atoms with Crippen LogP contribution in [0.1, 0.15) is 0 Å². The zero-order valence-electron chi connectivity index (χ0n) is 6.22. The predicted molar refractivity (Wildman–Crippen MR) is 53.2 cm³/mol. The largest absolute Gasteiger partial charge is 0.364 e. The maximum absolute atomic E-state index is 5.56. The van der Waals surface area contributed by atoms with Gasteiger partial charge in [0.05, 0.1) is 11.0 Å². The van der Waals surface area contributed by atoms with Crippen LogP contribution in [-0.2, 0) is 0 Å². The molecule has 0 saturated carbocycles. The molecule has 0 aliphatic carbocycles. The minimum absolute atomic E-state index is 0.497. The van der Waals surface area contributed by atoms with Crippen molar-refractivity contribution in [3.8, 4) is 0 Å². The fraction of sp³-hybridized carbons (Fsp3) is 0.143. The molecule has 0 radical (unpaired) electrons. The molecule has 1 N–H and O–H groups in total. The van der Waals surface area contributed by atoms with E-state index >= 15 is 0 Å². The molecule has 1 aromatic heterocycles. The maximum Gasteiger partial charge on any atom is 0.144 e. The standard InChI is InChI=1S/C7H7BrClN3/c1-5(9)2-11-7-6(8)3-10-4-12-7/h3-4H,1-2H2,(H,10,11,12). The second kappa shape index (κ2) is 4.42. The fourth-order valence-corrected chi connectivity index (χ4v) is 1.05. The van der Waals surface area contributed by atoms with Crippen LogP contribution in [0.2, 0.25) is 0 Å². The molecule has 0 aliphatic rings. The first-order valence-electron chi connectivity index (χ1n) is 3.23. The smallest absolute Gasteiger partial charge is 0.144 e. The van der Waals surface area contributed by atoms with Gasteiger partial charge in [-0.3, -0.25) is 0 Å².